The summed E-state index contributed by atoms with van der Waals surface area (Å²) in [7, 11) is 0. The number of hydrogen-bond donors (Lipinski definition) is 0. The minimum absolute atomic E-state index is 0.151. The number of ether oxygens (including phenoxy) is 1. The lowest BCUT2D eigenvalue weighted by Gasteiger charge is -2.07. The van der Waals surface area contributed by atoms with Crippen LogP contribution in [0.1, 0.15) is 13.8 Å². The summed E-state index contributed by atoms with van der Waals surface area (Å²) < 4.78 is 5.69. The van der Waals surface area contributed by atoms with E-state index in [0.717, 1.165) is 0 Å². The molecule has 0 aromatic rings. The van der Waals surface area contributed by atoms with Crippen molar-refractivity contribution in [3.63, 3.8) is 0 Å². The number of thiocarbonyl (C=S) groups is 1. The predicted molar refractivity (Wildman–Crippen MR) is 50.1 cm³/mol. The Bertz CT molecular complexity index is 146. The molecule has 0 bridgehead atoms. The highest BCUT2D eigenvalue weighted by atomic mass is 32.2. The van der Waals surface area contributed by atoms with Crippen molar-refractivity contribution in [2.45, 2.75) is 20.0 Å². The van der Waals surface area contributed by atoms with E-state index < -0.39 is 0 Å². The standard InChI is InChI=1S/C7H10OS2/c1-4-5-10-7(9)8-6(2)3/h1,6H,5H2,2-3H3. The van der Waals surface area contributed by atoms with Crippen LogP contribution in [-0.2, 0) is 4.74 Å². The van der Waals surface area contributed by atoms with E-state index in [0.29, 0.717) is 10.1 Å². The van der Waals surface area contributed by atoms with Crippen LogP contribution in [0, 0.1) is 12.3 Å². The summed E-state index contributed by atoms with van der Waals surface area (Å²) in [5.74, 6) is 3.06. The van der Waals surface area contributed by atoms with Crippen molar-refractivity contribution in [1.82, 2.24) is 0 Å². The lowest BCUT2D eigenvalue weighted by molar-refractivity contribution is 0.243. The van der Waals surface area contributed by atoms with Crippen molar-refractivity contribution in [3.8, 4) is 12.3 Å². The molecule has 0 atom stereocenters. The van der Waals surface area contributed by atoms with Crippen LogP contribution in [0.4, 0.5) is 0 Å². The van der Waals surface area contributed by atoms with Gasteiger partial charge in [0.2, 0.25) is 4.38 Å². The fraction of sp³-hybridized carbons (Fsp3) is 0.571. The van der Waals surface area contributed by atoms with Crippen molar-refractivity contribution < 1.29 is 4.74 Å². The number of hydrogen-bond acceptors (Lipinski definition) is 3. The Morgan fingerprint density at radius 3 is 2.80 bits per heavy atom. The van der Waals surface area contributed by atoms with Gasteiger partial charge >= 0.3 is 0 Å². The minimum atomic E-state index is 0.151. The first-order chi connectivity index (χ1) is 4.66. The second-order valence-electron chi connectivity index (χ2n) is 1.91. The van der Waals surface area contributed by atoms with Gasteiger partial charge in [0.05, 0.1) is 11.9 Å². The quantitative estimate of drug-likeness (QED) is 0.468. The van der Waals surface area contributed by atoms with Crippen LogP contribution < -0.4 is 0 Å². The summed E-state index contributed by atoms with van der Waals surface area (Å²) in [5.41, 5.74) is 0. The van der Waals surface area contributed by atoms with Gasteiger partial charge in [0.25, 0.3) is 0 Å². The molecule has 0 rings (SSSR count). The Balaban J connectivity index is 3.37. The summed E-state index contributed by atoms with van der Waals surface area (Å²) >= 11 is 6.22. The number of thioether (sulfide) groups is 1. The predicted octanol–water partition coefficient (Wildman–Crippen LogP) is 2.06. The molecule has 0 aliphatic carbocycles. The molecule has 3 heteroatoms. The molecule has 0 amide bonds. The maximum atomic E-state index is 5.15. The molecular weight excluding hydrogens is 164 g/mol. The van der Waals surface area contributed by atoms with Crippen molar-refractivity contribution in [1.29, 1.82) is 0 Å². The van der Waals surface area contributed by atoms with Gasteiger partial charge in [0.1, 0.15) is 0 Å². The average Bonchev–Trinajstić information content (AvgIpc) is 1.82. The van der Waals surface area contributed by atoms with E-state index in [-0.39, 0.29) is 6.10 Å². The summed E-state index contributed by atoms with van der Waals surface area (Å²) in [6, 6.07) is 0. The Hall–Kier alpha value is -0.200. The smallest absolute Gasteiger partial charge is 0.221 e. The Morgan fingerprint density at radius 2 is 2.40 bits per heavy atom. The molecule has 0 saturated carbocycles. The highest BCUT2D eigenvalue weighted by molar-refractivity contribution is 8.22. The van der Waals surface area contributed by atoms with E-state index in [1.807, 2.05) is 13.8 Å². The molecule has 0 spiro atoms. The molecular formula is C7H10OS2. The van der Waals surface area contributed by atoms with E-state index in [1.54, 1.807) is 0 Å². The zero-order chi connectivity index (χ0) is 7.98. The molecule has 0 radical (unpaired) electrons. The first kappa shape index (κ1) is 9.80. The molecule has 0 aliphatic heterocycles. The summed E-state index contributed by atoms with van der Waals surface area (Å²) in [4.78, 5) is 0. The minimum Gasteiger partial charge on any atom is -0.476 e. The second-order valence-corrected chi connectivity index (χ2v) is 3.49. The molecule has 0 aliphatic rings. The largest absolute Gasteiger partial charge is 0.476 e. The Morgan fingerprint density at radius 1 is 1.80 bits per heavy atom. The van der Waals surface area contributed by atoms with Gasteiger partial charge in [-0.2, -0.15) is 0 Å². The van der Waals surface area contributed by atoms with Gasteiger partial charge in [-0.3, -0.25) is 0 Å². The fourth-order valence-corrected chi connectivity index (χ4v) is 1.16. The highest BCUT2D eigenvalue weighted by Gasteiger charge is 1.98. The van der Waals surface area contributed by atoms with Crippen molar-refractivity contribution in [2.75, 3.05) is 5.75 Å². The van der Waals surface area contributed by atoms with Gasteiger partial charge < -0.3 is 4.74 Å². The second kappa shape index (κ2) is 5.57. The third-order valence-electron chi connectivity index (χ3n) is 0.605. The zero-order valence-electron chi connectivity index (χ0n) is 6.09. The van der Waals surface area contributed by atoms with E-state index in [4.69, 9.17) is 23.4 Å². The maximum Gasteiger partial charge on any atom is 0.221 e. The first-order valence-electron chi connectivity index (χ1n) is 2.93. The Kier molecular flexibility index (Phi) is 5.46. The zero-order valence-corrected chi connectivity index (χ0v) is 7.72. The van der Waals surface area contributed by atoms with Crippen LogP contribution in [0.5, 0.6) is 0 Å². The van der Waals surface area contributed by atoms with E-state index in [9.17, 15) is 0 Å². The third-order valence-corrected chi connectivity index (χ3v) is 1.70. The molecule has 0 saturated heterocycles. The van der Waals surface area contributed by atoms with E-state index >= 15 is 0 Å². The summed E-state index contributed by atoms with van der Waals surface area (Å²) in [6.07, 6.45) is 5.17. The Labute approximate surface area is 71.5 Å². The van der Waals surface area contributed by atoms with Crippen LogP contribution in [-0.4, -0.2) is 16.2 Å². The lowest BCUT2D eigenvalue weighted by atomic mass is 10.5. The van der Waals surface area contributed by atoms with Crippen molar-refractivity contribution in [2.24, 2.45) is 0 Å². The topological polar surface area (TPSA) is 9.23 Å². The average molecular weight is 174 g/mol. The van der Waals surface area contributed by atoms with Crippen molar-refractivity contribution >= 4 is 28.4 Å². The molecule has 0 heterocycles. The molecule has 10 heavy (non-hydrogen) atoms. The number of terminal acetylenes is 1. The molecule has 0 aromatic carbocycles. The van der Waals surface area contributed by atoms with Gasteiger partial charge in [-0.05, 0) is 26.1 Å². The molecule has 0 fully saturated rings. The lowest BCUT2D eigenvalue weighted by Crippen LogP contribution is -2.05. The van der Waals surface area contributed by atoms with Crippen LogP contribution in [0.3, 0.4) is 0 Å². The monoisotopic (exact) mass is 174 g/mol. The fourth-order valence-electron chi connectivity index (χ4n) is 0.327. The van der Waals surface area contributed by atoms with E-state index in [2.05, 4.69) is 5.92 Å². The molecule has 1 nitrogen and oxygen atoms in total. The number of rotatable bonds is 2. The SMILES string of the molecule is C#CCSC(=S)OC(C)C. The molecule has 0 N–H and O–H groups in total. The van der Waals surface area contributed by atoms with Crippen LogP contribution >= 0.6 is 24.0 Å². The summed E-state index contributed by atoms with van der Waals surface area (Å²) in [6.45, 7) is 3.87. The maximum absolute atomic E-state index is 5.15. The van der Waals surface area contributed by atoms with Crippen LogP contribution in [0.15, 0.2) is 0 Å². The first-order valence-corrected chi connectivity index (χ1v) is 4.33. The van der Waals surface area contributed by atoms with Gasteiger partial charge in [0.15, 0.2) is 0 Å². The van der Waals surface area contributed by atoms with Crippen LogP contribution in [0.25, 0.3) is 0 Å². The normalized spacial score (nSPS) is 9.00. The van der Waals surface area contributed by atoms with E-state index in [1.165, 1.54) is 11.8 Å². The van der Waals surface area contributed by atoms with Gasteiger partial charge in [-0.15, -0.1) is 6.42 Å². The van der Waals surface area contributed by atoms with Gasteiger partial charge in [-0.1, -0.05) is 17.7 Å². The van der Waals surface area contributed by atoms with Crippen LogP contribution in [0.2, 0.25) is 0 Å². The molecule has 56 valence electrons. The molecule has 0 unspecified atom stereocenters. The summed E-state index contributed by atoms with van der Waals surface area (Å²) in [5, 5.41) is 0. The van der Waals surface area contributed by atoms with Crippen molar-refractivity contribution in [3.05, 3.63) is 0 Å². The van der Waals surface area contributed by atoms with Gasteiger partial charge in [0, 0.05) is 0 Å². The highest BCUT2D eigenvalue weighted by Crippen LogP contribution is 2.06. The molecule has 0 aromatic heterocycles. The third kappa shape index (κ3) is 5.93. The van der Waals surface area contributed by atoms with Gasteiger partial charge in [-0.25, -0.2) is 0 Å².